The van der Waals surface area contributed by atoms with Crippen LogP contribution >= 0.6 is 0 Å². The molecule has 0 saturated heterocycles. The molecular formula is C10H14O3. The van der Waals surface area contributed by atoms with Gasteiger partial charge in [-0.1, -0.05) is 30.3 Å². The fourth-order valence-corrected chi connectivity index (χ4v) is 1.09. The Morgan fingerprint density at radius 3 is 2.23 bits per heavy atom. The maximum absolute atomic E-state index is 9.76. The Balaban J connectivity index is 2.85. The van der Waals surface area contributed by atoms with Crippen LogP contribution < -0.4 is 0 Å². The molecule has 0 bridgehead atoms. The Labute approximate surface area is 77.5 Å². The number of hydrogen-bond acceptors (Lipinski definition) is 3. The molecule has 1 aromatic rings. The van der Waals surface area contributed by atoms with E-state index >= 15 is 0 Å². The molecule has 1 unspecified atom stereocenters. The van der Waals surface area contributed by atoms with Gasteiger partial charge in [0, 0.05) is 0 Å². The van der Waals surface area contributed by atoms with E-state index in [-0.39, 0.29) is 0 Å². The Hall–Kier alpha value is -0.900. The summed E-state index contributed by atoms with van der Waals surface area (Å²) in [6.07, 6.45) is -0.835. The monoisotopic (exact) mass is 182 g/mol. The first-order valence-corrected chi connectivity index (χ1v) is 4.13. The highest BCUT2D eigenvalue weighted by Crippen LogP contribution is 2.27. The van der Waals surface area contributed by atoms with E-state index in [2.05, 4.69) is 4.89 Å². The molecular weight excluding hydrogens is 168 g/mol. The van der Waals surface area contributed by atoms with Crippen molar-refractivity contribution in [1.29, 1.82) is 0 Å². The predicted octanol–water partition coefficient (Wildman–Crippen LogP) is 1.99. The minimum Gasteiger partial charge on any atom is -0.385 e. The summed E-state index contributed by atoms with van der Waals surface area (Å²) in [5, 5.41) is 18.3. The highest BCUT2D eigenvalue weighted by atomic mass is 17.1. The molecule has 0 fully saturated rings. The van der Waals surface area contributed by atoms with E-state index in [1.54, 1.807) is 26.0 Å². The molecule has 1 atom stereocenters. The summed E-state index contributed by atoms with van der Waals surface area (Å²) in [4.78, 5) is 4.20. The number of hydrogen-bond donors (Lipinski definition) is 2. The molecule has 0 aromatic heterocycles. The molecule has 0 radical (unpaired) electrons. The van der Waals surface area contributed by atoms with Crippen molar-refractivity contribution < 1.29 is 15.3 Å². The first-order valence-electron chi connectivity index (χ1n) is 4.13. The average molecular weight is 182 g/mol. The van der Waals surface area contributed by atoms with Crippen molar-refractivity contribution >= 4 is 0 Å². The Morgan fingerprint density at radius 2 is 1.77 bits per heavy atom. The summed E-state index contributed by atoms with van der Waals surface area (Å²) < 4.78 is 0. The van der Waals surface area contributed by atoms with Crippen LogP contribution in [-0.4, -0.2) is 16.0 Å². The summed E-state index contributed by atoms with van der Waals surface area (Å²) >= 11 is 0. The third-order valence-electron chi connectivity index (χ3n) is 2.01. The zero-order valence-electron chi connectivity index (χ0n) is 7.77. The fraction of sp³-hybridized carbons (Fsp3) is 0.400. The quantitative estimate of drug-likeness (QED) is 0.555. The molecule has 3 nitrogen and oxygen atoms in total. The van der Waals surface area contributed by atoms with Gasteiger partial charge in [0.2, 0.25) is 0 Å². The third-order valence-corrected chi connectivity index (χ3v) is 2.01. The summed E-state index contributed by atoms with van der Waals surface area (Å²) in [7, 11) is 0. The first-order chi connectivity index (χ1) is 6.08. The second kappa shape index (κ2) is 3.87. The SMILES string of the molecule is CC(C)(OO)C(O)c1ccccc1. The van der Waals surface area contributed by atoms with Gasteiger partial charge in [-0.25, -0.2) is 4.89 Å². The summed E-state index contributed by atoms with van der Waals surface area (Å²) in [5.74, 6) is 0. The Morgan fingerprint density at radius 1 is 1.23 bits per heavy atom. The van der Waals surface area contributed by atoms with Crippen molar-refractivity contribution in [2.45, 2.75) is 25.6 Å². The van der Waals surface area contributed by atoms with Crippen molar-refractivity contribution in [2.24, 2.45) is 0 Å². The van der Waals surface area contributed by atoms with E-state index in [1.165, 1.54) is 0 Å². The highest BCUT2D eigenvalue weighted by Gasteiger charge is 2.30. The molecule has 0 aliphatic carbocycles. The maximum Gasteiger partial charge on any atom is 0.128 e. The van der Waals surface area contributed by atoms with E-state index in [0.29, 0.717) is 0 Å². The third kappa shape index (κ3) is 2.28. The Kier molecular flexibility index (Phi) is 3.03. The van der Waals surface area contributed by atoms with Crippen LogP contribution in [0.3, 0.4) is 0 Å². The summed E-state index contributed by atoms with van der Waals surface area (Å²) in [6.45, 7) is 3.23. The van der Waals surface area contributed by atoms with Crippen LogP contribution in [0.5, 0.6) is 0 Å². The largest absolute Gasteiger partial charge is 0.385 e. The van der Waals surface area contributed by atoms with Gasteiger partial charge in [0.05, 0.1) is 0 Å². The van der Waals surface area contributed by atoms with Crippen molar-refractivity contribution in [3.8, 4) is 0 Å². The van der Waals surface area contributed by atoms with Gasteiger partial charge in [0.15, 0.2) is 0 Å². The van der Waals surface area contributed by atoms with Crippen LogP contribution in [0.25, 0.3) is 0 Å². The van der Waals surface area contributed by atoms with Crippen LogP contribution in [0, 0.1) is 0 Å². The van der Waals surface area contributed by atoms with Crippen LogP contribution in [0.15, 0.2) is 30.3 Å². The second-order valence-corrected chi connectivity index (χ2v) is 3.51. The second-order valence-electron chi connectivity index (χ2n) is 3.51. The van der Waals surface area contributed by atoms with Gasteiger partial charge in [-0.2, -0.15) is 0 Å². The standard InChI is InChI=1S/C10H14O3/c1-10(2,13-12)9(11)8-6-4-3-5-7-8/h3-7,9,11-12H,1-2H3. The minimum atomic E-state index is -0.985. The summed E-state index contributed by atoms with van der Waals surface area (Å²) in [6, 6.07) is 9.08. The molecule has 0 saturated carbocycles. The predicted molar refractivity (Wildman–Crippen MR) is 49.2 cm³/mol. The lowest BCUT2D eigenvalue weighted by Gasteiger charge is -2.26. The molecule has 72 valence electrons. The van der Waals surface area contributed by atoms with Gasteiger partial charge in [0.1, 0.15) is 11.7 Å². The van der Waals surface area contributed by atoms with Crippen molar-refractivity contribution in [3.63, 3.8) is 0 Å². The number of benzene rings is 1. The van der Waals surface area contributed by atoms with Gasteiger partial charge in [0.25, 0.3) is 0 Å². The minimum absolute atomic E-state index is 0.724. The lowest BCUT2D eigenvalue weighted by Crippen LogP contribution is -2.31. The van der Waals surface area contributed by atoms with Gasteiger partial charge < -0.3 is 5.11 Å². The van der Waals surface area contributed by atoms with Gasteiger partial charge in [-0.3, -0.25) is 5.26 Å². The fourth-order valence-electron chi connectivity index (χ4n) is 1.09. The van der Waals surface area contributed by atoms with E-state index in [4.69, 9.17) is 5.26 Å². The first kappa shape index (κ1) is 10.2. The van der Waals surface area contributed by atoms with E-state index in [1.807, 2.05) is 18.2 Å². The molecule has 1 rings (SSSR count). The van der Waals surface area contributed by atoms with Gasteiger partial charge in [-0.15, -0.1) is 0 Å². The molecule has 13 heavy (non-hydrogen) atoms. The smallest absolute Gasteiger partial charge is 0.128 e. The molecule has 1 aromatic carbocycles. The van der Waals surface area contributed by atoms with Gasteiger partial charge >= 0.3 is 0 Å². The summed E-state index contributed by atoms with van der Waals surface area (Å²) in [5.41, 5.74) is -0.261. The lowest BCUT2D eigenvalue weighted by atomic mass is 9.95. The number of aliphatic hydroxyl groups is 1. The van der Waals surface area contributed by atoms with Crippen LogP contribution in [0.2, 0.25) is 0 Å². The molecule has 0 aliphatic heterocycles. The van der Waals surface area contributed by atoms with Crippen molar-refractivity contribution in [2.75, 3.05) is 0 Å². The van der Waals surface area contributed by atoms with Crippen molar-refractivity contribution in [1.82, 2.24) is 0 Å². The molecule has 0 aliphatic rings. The molecule has 3 heteroatoms. The maximum atomic E-state index is 9.76. The molecule has 0 amide bonds. The topological polar surface area (TPSA) is 49.7 Å². The van der Waals surface area contributed by atoms with E-state index in [9.17, 15) is 5.11 Å². The van der Waals surface area contributed by atoms with Crippen LogP contribution in [-0.2, 0) is 4.89 Å². The lowest BCUT2D eigenvalue weighted by molar-refractivity contribution is -0.334. The van der Waals surface area contributed by atoms with Gasteiger partial charge in [-0.05, 0) is 19.4 Å². The zero-order valence-corrected chi connectivity index (χ0v) is 7.77. The number of aliphatic hydroxyl groups excluding tert-OH is 1. The van der Waals surface area contributed by atoms with Crippen LogP contribution in [0.4, 0.5) is 0 Å². The van der Waals surface area contributed by atoms with Crippen LogP contribution in [0.1, 0.15) is 25.5 Å². The van der Waals surface area contributed by atoms with Crippen molar-refractivity contribution in [3.05, 3.63) is 35.9 Å². The Bertz CT molecular complexity index is 256. The van der Waals surface area contributed by atoms with E-state index < -0.39 is 11.7 Å². The average Bonchev–Trinajstić information content (AvgIpc) is 2.18. The molecule has 0 heterocycles. The zero-order chi connectivity index (χ0) is 9.90. The normalized spacial score (nSPS) is 14.2. The number of rotatable bonds is 3. The molecule has 2 N–H and O–H groups in total. The molecule has 0 spiro atoms. The highest BCUT2D eigenvalue weighted by molar-refractivity contribution is 5.19. The van der Waals surface area contributed by atoms with E-state index in [0.717, 1.165) is 5.56 Å².